The van der Waals surface area contributed by atoms with E-state index in [0.29, 0.717) is 5.82 Å². The fourth-order valence-corrected chi connectivity index (χ4v) is 1.34. The van der Waals surface area contributed by atoms with Crippen LogP contribution in [0, 0.1) is 0 Å². The van der Waals surface area contributed by atoms with Crippen molar-refractivity contribution < 1.29 is 14.7 Å². The first-order chi connectivity index (χ1) is 8.40. The molecule has 3 N–H and O–H groups in total. The molecule has 0 aromatic carbocycles. The Bertz CT molecular complexity index is 446. The van der Waals surface area contributed by atoms with Crippen molar-refractivity contribution in [3.63, 3.8) is 0 Å². The molecular weight excluding hydrogens is 234 g/mol. The van der Waals surface area contributed by atoms with Crippen LogP contribution >= 0.6 is 0 Å². The van der Waals surface area contributed by atoms with E-state index in [1.54, 1.807) is 6.92 Å². The van der Waals surface area contributed by atoms with Gasteiger partial charge in [0.25, 0.3) is 0 Å². The average molecular weight is 251 g/mol. The maximum atomic E-state index is 11.7. The smallest absolute Gasteiger partial charge is 0.335 e. The number of nitrogens with one attached hydrogen (secondary N) is 2. The Balaban J connectivity index is 2.69. The zero-order chi connectivity index (χ0) is 13.7. The van der Waals surface area contributed by atoms with E-state index in [4.69, 9.17) is 5.11 Å². The van der Waals surface area contributed by atoms with Gasteiger partial charge >= 0.3 is 5.97 Å². The van der Waals surface area contributed by atoms with E-state index in [1.165, 1.54) is 18.3 Å². The Kier molecular flexibility index (Phi) is 4.65. The average Bonchev–Trinajstić information content (AvgIpc) is 2.28. The summed E-state index contributed by atoms with van der Waals surface area (Å²) in [5.41, 5.74) is 0.129. The van der Waals surface area contributed by atoms with Crippen molar-refractivity contribution in [1.29, 1.82) is 0 Å². The number of rotatable bonds is 5. The number of hydrogen-bond acceptors (Lipinski definition) is 4. The zero-order valence-electron chi connectivity index (χ0n) is 10.6. The number of anilines is 1. The van der Waals surface area contributed by atoms with Crippen molar-refractivity contribution in [3.8, 4) is 0 Å². The lowest BCUT2D eigenvalue weighted by Gasteiger charge is -2.16. The zero-order valence-corrected chi connectivity index (χ0v) is 10.6. The highest BCUT2D eigenvalue weighted by atomic mass is 16.4. The number of pyridine rings is 1. The molecule has 6 nitrogen and oxygen atoms in total. The molecule has 98 valence electrons. The minimum absolute atomic E-state index is 0.0556. The van der Waals surface area contributed by atoms with E-state index < -0.39 is 12.0 Å². The Labute approximate surface area is 105 Å². The predicted octanol–water partition coefficient (Wildman–Crippen LogP) is 1.10. The van der Waals surface area contributed by atoms with Crippen molar-refractivity contribution >= 4 is 17.7 Å². The number of carbonyl (C=O) groups is 2. The standard InChI is InChI=1S/C12H17N3O3/c1-7(2)14-11(16)8(3)15-10-6-9(12(17)18)4-5-13-10/h4-8H,1-3H3,(H,13,15)(H,14,16)(H,17,18). The molecule has 1 aromatic rings. The first-order valence-electron chi connectivity index (χ1n) is 5.66. The number of amides is 1. The van der Waals surface area contributed by atoms with Gasteiger partial charge in [-0.15, -0.1) is 0 Å². The van der Waals surface area contributed by atoms with Gasteiger partial charge in [-0.05, 0) is 32.9 Å². The number of aromatic nitrogens is 1. The van der Waals surface area contributed by atoms with Crippen LogP contribution in [0.5, 0.6) is 0 Å². The van der Waals surface area contributed by atoms with E-state index >= 15 is 0 Å². The van der Waals surface area contributed by atoms with Crippen LogP contribution in [0.15, 0.2) is 18.3 Å². The second-order valence-electron chi connectivity index (χ2n) is 4.26. The largest absolute Gasteiger partial charge is 0.478 e. The fourth-order valence-electron chi connectivity index (χ4n) is 1.34. The lowest BCUT2D eigenvalue weighted by Crippen LogP contribution is -2.41. The summed E-state index contributed by atoms with van der Waals surface area (Å²) in [6, 6.07) is 2.36. The summed E-state index contributed by atoms with van der Waals surface area (Å²) >= 11 is 0. The Hall–Kier alpha value is -2.11. The molecular formula is C12H17N3O3. The number of nitrogens with zero attached hydrogens (tertiary/aromatic N) is 1. The molecule has 6 heteroatoms. The molecule has 1 unspecified atom stereocenters. The molecule has 0 saturated heterocycles. The first-order valence-corrected chi connectivity index (χ1v) is 5.66. The van der Waals surface area contributed by atoms with Gasteiger partial charge in [0.2, 0.25) is 5.91 Å². The molecule has 0 aliphatic carbocycles. The summed E-state index contributed by atoms with van der Waals surface area (Å²) in [6.45, 7) is 5.43. The first kappa shape index (κ1) is 14.0. The third-order valence-corrected chi connectivity index (χ3v) is 2.20. The molecule has 1 heterocycles. The maximum absolute atomic E-state index is 11.7. The number of carbonyl (C=O) groups excluding carboxylic acids is 1. The topological polar surface area (TPSA) is 91.3 Å². The molecule has 1 rings (SSSR count). The van der Waals surface area contributed by atoms with Gasteiger partial charge in [-0.25, -0.2) is 9.78 Å². The van der Waals surface area contributed by atoms with Crippen LogP contribution in [0.3, 0.4) is 0 Å². The van der Waals surface area contributed by atoms with Gasteiger partial charge < -0.3 is 15.7 Å². The molecule has 0 bridgehead atoms. The van der Waals surface area contributed by atoms with Gasteiger partial charge in [0.15, 0.2) is 0 Å². The molecule has 0 radical (unpaired) electrons. The predicted molar refractivity (Wildman–Crippen MR) is 67.6 cm³/mol. The second kappa shape index (κ2) is 6.00. The van der Waals surface area contributed by atoms with Crippen LogP contribution in [0.4, 0.5) is 5.82 Å². The molecule has 0 saturated carbocycles. The van der Waals surface area contributed by atoms with E-state index in [-0.39, 0.29) is 17.5 Å². The van der Waals surface area contributed by atoms with Crippen LogP contribution in [0.2, 0.25) is 0 Å². The highest BCUT2D eigenvalue weighted by Gasteiger charge is 2.14. The molecule has 1 amide bonds. The minimum Gasteiger partial charge on any atom is -0.478 e. The highest BCUT2D eigenvalue weighted by Crippen LogP contribution is 2.08. The van der Waals surface area contributed by atoms with Crippen molar-refractivity contribution in [2.45, 2.75) is 32.9 Å². The Morgan fingerprint density at radius 2 is 2.00 bits per heavy atom. The highest BCUT2D eigenvalue weighted by molar-refractivity contribution is 5.89. The number of carboxylic acid groups (broad SMARTS) is 1. The molecule has 0 fully saturated rings. The van der Waals surface area contributed by atoms with E-state index in [9.17, 15) is 9.59 Å². The van der Waals surface area contributed by atoms with Gasteiger partial charge in [0, 0.05) is 12.2 Å². The monoisotopic (exact) mass is 251 g/mol. The molecule has 1 atom stereocenters. The number of aromatic carboxylic acids is 1. The van der Waals surface area contributed by atoms with Crippen LogP contribution in [-0.4, -0.2) is 34.1 Å². The number of carboxylic acids is 1. The Morgan fingerprint density at radius 3 is 2.56 bits per heavy atom. The summed E-state index contributed by atoms with van der Waals surface area (Å²) in [7, 11) is 0. The Morgan fingerprint density at radius 1 is 1.33 bits per heavy atom. The third kappa shape index (κ3) is 4.04. The van der Waals surface area contributed by atoms with Gasteiger partial charge in [-0.1, -0.05) is 0 Å². The maximum Gasteiger partial charge on any atom is 0.335 e. The summed E-state index contributed by atoms with van der Waals surface area (Å²) < 4.78 is 0. The van der Waals surface area contributed by atoms with Crippen molar-refractivity contribution in [1.82, 2.24) is 10.3 Å². The van der Waals surface area contributed by atoms with Crippen LogP contribution in [0.1, 0.15) is 31.1 Å². The summed E-state index contributed by atoms with van der Waals surface area (Å²) in [4.78, 5) is 26.4. The summed E-state index contributed by atoms with van der Waals surface area (Å²) in [5, 5.41) is 14.4. The lowest BCUT2D eigenvalue weighted by atomic mass is 10.2. The van der Waals surface area contributed by atoms with Gasteiger partial charge in [0.05, 0.1) is 5.56 Å². The van der Waals surface area contributed by atoms with Crippen LogP contribution < -0.4 is 10.6 Å². The van der Waals surface area contributed by atoms with Crippen LogP contribution in [-0.2, 0) is 4.79 Å². The van der Waals surface area contributed by atoms with Crippen molar-refractivity contribution in [2.75, 3.05) is 5.32 Å². The second-order valence-corrected chi connectivity index (χ2v) is 4.26. The van der Waals surface area contributed by atoms with Crippen molar-refractivity contribution in [2.24, 2.45) is 0 Å². The quantitative estimate of drug-likeness (QED) is 0.729. The van der Waals surface area contributed by atoms with Gasteiger partial charge in [0.1, 0.15) is 11.9 Å². The van der Waals surface area contributed by atoms with Crippen LogP contribution in [0.25, 0.3) is 0 Å². The molecule has 0 aliphatic heterocycles. The van der Waals surface area contributed by atoms with E-state index in [1.807, 2.05) is 13.8 Å². The molecule has 18 heavy (non-hydrogen) atoms. The van der Waals surface area contributed by atoms with E-state index in [0.717, 1.165) is 0 Å². The lowest BCUT2D eigenvalue weighted by molar-refractivity contribution is -0.122. The van der Waals surface area contributed by atoms with Crippen molar-refractivity contribution in [3.05, 3.63) is 23.9 Å². The number of hydrogen-bond donors (Lipinski definition) is 3. The van der Waals surface area contributed by atoms with Gasteiger partial charge in [-0.3, -0.25) is 4.79 Å². The van der Waals surface area contributed by atoms with Gasteiger partial charge in [-0.2, -0.15) is 0 Å². The molecule has 0 spiro atoms. The SMILES string of the molecule is CC(C)NC(=O)C(C)Nc1cc(C(=O)O)ccn1. The van der Waals surface area contributed by atoms with E-state index in [2.05, 4.69) is 15.6 Å². The normalized spacial score (nSPS) is 12.0. The minimum atomic E-state index is -1.03. The fraction of sp³-hybridized carbons (Fsp3) is 0.417. The molecule has 0 aliphatic rings. The summed E-state index contributed by atoms with van der Waals surface area (Å²) in [5.74, 6) is -0.825. The third-order valence-electron chi connectivity index (χ3n) is 2.20. The molecule has 1 aromatic heterocycles. The summed E-state index contributed by atoms with van der Waals surface area (Å²) in [6.07, 6.45) is 1.39.